The van der Waals surface area contributed by atoms with E-state index in [0.717, 1.165) is 56.8 Å². The molecule has 30 heavy (non-hydrogen) atoms. The van der Waals surface area contributed by atoms with Crippen molar-refractivity contribution in [1.82, 2.24) is 20.9 Å². The van der Waals surface area contributed by atoms with Gasteiger partial charge in [0, 0.05) is 50.7 Å². The van der Waals surface area contributed by atoms with Crippen LogP contribution in [0.2, 0.25) is 0 Å². The number of carbonyl (C=O) groups excluding carboxylic acids is 2. The molecule has 1 aliphatic heterocycles. The quantitative estimate of drug-likeness (QED) is 0.471. The summed E-state index contributed by atoms with van der Waals surface area (Å²) in [5, 5.41) is 9.46. The van der Waals surface area contributed by atoms with Crippen molar-refractivity contribution in [3.63, 3.8) is 0 Å². The maximum absolute atomic E-state index is 12.7. The summed E-state index contributed by atoms with van der Waals surface area (Å²) in [7, 11) is 1.64. The van der Waals surface area contributed by atoms with E-state index in [2.05, 4.69) is 22.9 Å². The second-order valence-electron chi connectivity index (χ2n) is 8.19. The van der Waals surface area contributed by atoms with Crippen LogP contribution in [-0.4, -0.2) is 61.9 Å². The summed E-state index contributed by atoms with van der Waals surface area (Å²) in [6, 6.07) is 7.89. The highest BCUT2D eigenvalue weighted by atomic mass is 16.2. The van der Waals surface area contributed by atoms with E-state index in [1.54, 1.807) is 7.05 Å². The molecule has 164 valence electrons. The van der Waals surface area contributed by atoms with E-state index in [0.29, 0.717) is 18.0 Å². The Morgan fingerprint density at radius 3 is 2.73 bits per heavy atom. The number of hydrogen-bond acceptors (Lipinski definition) is 3. The SMILES string of the molecule is CCNC(=NCCc1cccc(C(=O)NC)c1)NC1CCN(C(=O)C2CCCC2)C1. The standard InChI is InChI=1S/C23H35N5O2/c1-3-25-23(26-13-11-17-7-6-10-19(15-17)21(29)24-2)27-20-12-14-28(16-20)22(30)18-8-4-5-9-18/h6-7,10,15,18,20H,3-5,8-9,11-14,16H2,1-2H3,(H,24,29)(H2,25,26,27). The number of nitrogens with zero attached hydrogens (tertiary/aromatic N) is 2. The van der Waals surface area contributed by atoms with Crippen LogP contribution in [0.1, 0.15) is 54.9 Å². The summed E-state index contributed by atoms with van der Waals surface area (Å²) < 4.78 is 0. The van der Waals surface area contributed by atoms with Crippen LogP contribution in [0.4, 0.5) is 0 Å². The molecule has 2 amide bonds. The average Bonchev–Trinajstić information content (AvgIpc) is 3.45. The van der Waals surface area contributed by atoms with Crippen molar-refractivity contribution < 1.29 is 9.59 Å². The summed E-state index contributed by atoms with van der Waals surface area (Å²) in [5.41, 5.74) is 1.76. The van der Waals surface area contributed by atoms with E-state index < -0.39 is 0 Å². The number of carbonyl (C=O) groups is 2. The molecular formula is C23H35N5O2. The molecule has 0 spiro atoms. The smallest absolute Gasteiger partial charge is 0.251 e. The lowest BCUT2D eigenvalue weighted by molar-refractivity contribution is -0.134. The molecule has 1 aliphatic carbocycles. The predicted molar refractivity (Wildman–Crippen MR) is 120 cm³/mol. The number of guanidine groups is 1. The number of benzene rings is 1. The van der Waals surface area contributed by atoms with Crippen molar-refractivity contribution in [2.45, 2.75) is 51.5 Å². The molecule has 0 radical (unpaired) electrons. The number of nitrogens with one attached hydrogen (secondary N) is 3. The van der Waals surface area contributed by atoms with Gasteiger partial charge in [0.05, 0.1) is 0 Å². The molecule has 2 aliphatic rings. The normalized spacial score (nSPS) is 19.7. The van der Waals surface area contributed by atoms with Gasteiger partial charge in [0.15, 0.2) is 5.96 Å². The second kappa shape index (κ2) is 11.0. The van der Waals surface area contributed by atoms with Crippen LogP contribution in [0, 0.1) is 5.92 Å². The van der Waals surface area contributed by atoms with Crippen LogP contribution < -0.4 is 16.0 Å². The number of aliphatic imine (C=N–C) groups is 1. The molecule has 3 N–H and O–H groups in total. The summed E-state index contributed by atoms with van der Waals surface area (Å²) >= 11 is 0. The molecule has 1 aromatic carbocycles. The number of rotatable bonds is 7. The van der Waals surface area contributed by atoms with Crippen LogP contribution >= 0.6 is 0 Å². The van der Waals surface area contributed by atoms with Crippen molar-refractivity contribution in [2.75, 3.05) is 33.2 Å². The fourth-order valence-corrected chi connectivity index (χ4v) is 4.33. The van der Waals surface area contributed by atoms with E-state index in [9.17, 15) is 9.59 Å². The van der Waals surface area contributed by atoms with Crippen molar-refractivity contribution >= 4 is 17.8 Å². The fraction of sp³-hybridized carbons (Fsp3) is 0.609. The number of likely N-dealkylation sites (tertiary alicyclic amines) is 1. The maximum Gasteiger partial charge on any atom is 0.251 e. The van der Waals surface area contributed by atoms with Gasteiger partial charge in [-0.3, -0.25) is 14.6 Å². The van der Waals surface area contributed by atoms with Gasteiger partial charge in [-0.05, 0) is 50.3 Å². The topological polar surface area (TPSA) is 85.8 Å². The first-order chi connectivity index (χ1) is 14.6. The third kappa shape index (κ3) is 5.97. The first kappa shape index (κ1) is 22.1. The molecule has 0 aromatic heterocycles. The van der Waals surface area contributed by atoms with E-state index in [1.807, 2.05) is 29.2 Å². The summed E-state index contributed by atoms with van der Waals surface area (Å²) in [4.78, 5) is 31.2. The van der Waals surface area contributed by atoms with Gasteiger partial charge >= 0.3 is 0 Å². The molecule has 2 fully saturated rings. The number of amides is 2. The molecule has 3 rings (SSSR count). The van der Waals surface area contributed by atoms with Gasteiger partial charge < -0.3 is 20.9 Å². The summed E-state index contributed by atoms with van der Waals surface area (Å²) in [6.07, 6.45) is 6.21. The molecule has 1 heterocycles. The summed E-state index contributed by atoms with van der Waals surface area (Å²) in [5.74, 6) is 1.30. The van der Waals surface area contributed by atoms with Gasteiger partial charge in [0.25, 0.3) is 5.91 Å². The van der Waals surface area contributed by atoms with Crippen molar-refractivity contribution in [1.29, 1.82) is 0 Å². The fourth-order valence-electron chi connectivity index (χ4n) is 4.33. The van der Waals surface area contributed by atoms with Crippen LogP contribution in [0.25, 0.3) is 0 Å². The Morgan fingerprint density at radius 1 is 1.20 bits per heavy atom. The first-order valence-corrected chi connectivity index (χ1v) is 11.3. The molecular weight excluding hydrogens is 378 g/mol. The Hall–Kier alpha value is -2.57. The van der Waals surface area contributed by atoms with Crippen molar-refractivity contribution in [2.24, 2.45) is 10.9 Å². The van der Waals surface area contributed by atoms with Crippen LogP contribution in [0.15, 0.2) is 29.3 Å². The lowest BCUT2D eigenvalue weighted by atomic mass is 10.1. The van der Waals surface area contributed by atoms with Crippen molar-refractivity contribution in [3.05, 3.63) is 35.4 Å². The van der Waals surface area contributed by atoms with Gasteiger partial charge in [0.1, 0.15) is 0 Å². The highest BCUT2D eigenvalue weighted by Gasteiger charge is 2.32. The van der Waals surface area contributed by atoms with E-state index in [4.69, 9.17) is 4.99 Å². The lowest BCUT2D eigenvalue weighted by Gasteiger charge is -2.21. The molecule has 1 unspecified atom stereocenters. The first-order valence-electron chi connectivity index (χ1n) is 11.3. The largest absolute Gasteiger partial charge is 0.357 e. The zero-order valence-electron chi connectivity index (χ0n) is 18.2. The molecule has 1 aromatic rings. The van der Waals surface area contributed by atoms with Gasteiger partial charge in [-0.1, -0.05) is 25.0 Å². The monoisotopic (exact) mass is 413 g/mol. The Morgan fingerprint density at radius 2 is 2.00 bits per heavy atom. The van der Waals surface area contributed by atoms with Crippen LogP contribution in [-0.2, 0) is 11.2 Å². The van der Waals surface area contributed by atoms with Gasteiger partial charge in [-0.15, -0.1) is 0 Å². The maximum atomic E-state index is 12.7. The summed E-state index contributed by atoms with van der Waals surface area (Å²) in [6.45, 7) is 5.06. The molecule has 1 atom stereocenters. The Bertz CT molecular complexity index is 758. The predicted octanol–water partition coefficient (Wildman–Crippen LogP) is 1.93. The van der Waals surface area contributed by atoms with Crippen LogP contribution in [0.5, 0.6) is 0 Å². The Labute approximate surface area is 179 Å². The average molecular weight is 414 g/mol. The van der Waals surface area contributed by atoms with E-state index in [-0.39, 0.29) is 17.9 Å². The number of hydrogen-bond donors (Lipinski definition) is 3. The minimum Gasteiger partial charge on any atom is -0.357 e. The minimum absolute atomic E-state index is 0.0757. The van der Waals surface area contributed by atoms with Crippen molar-refractivity contribution in [3.8, 4) is 0 Å². The third-order valence-corrected chi connectivity index (χ3v) is 5.98. The molecule has 7 nitrogen and oxygen atoms in total. The molecule has 0 bridgehead atoms. The lowest BCUT2D eigenvalue weighted by Crippen LogP contribution is -2.45. The Kier molecular flexibility index (Phi) is 8.11. The zero-order valence-corrected chi connectivity index (χ0v) is 18.2. The second-order valence-corrected chi connectivity index (χ2v) is 8.19. The Balaban J connectivity index is 1.51. The highest BCUT2D eigenvalue weighted by Crippen LogP contribution is 2.27. The minimum atomic E-state index is -0.0757. The molecule has 7 heteroatoms. The molecule has 1 saturated heterocycles. The van der Waals surface area contributed by atoms with Gasteiger partial charge in [-0.25, -0.2) is 0 Å². The van der Waals surface area contributed by atoms with E-state index in [1.165, 1.54) is 12.8 Å². The van der Waals surface area contributed by atoms with Gasteiger partial charge in [-0.2, -0.15) is 0 Å². The third-order valence-electron chi connectivity index (χ3n) is 5.98. The molecule has 1 saturated carbocycles. The zero-order chi connectivity index (χ0) is 21.3. The van der Waals surface area contributed by atoms with Gasteiger partial charge in [0.2, 0.25) is 5.91 Å². The van der Waals surface area contributed by atoms with E-state index >= 15 is 0 Å². The highest BCUT2D eigenvalue weighted by molar-refractivity contribution is 5.94. The van der Waals surface area contributed by atoms with Crippen LogP contribution in [0.3, 0.4) is 0 Å².